The summed E-state index contributed by atoms with van der Waals surface area (Å²) < 4.78 is 3.03. The first-order valence-corrected chi connectivity index (χ1v) is 8.68. The summed E-state index contributed by atoms with van der Waals surface area (Å²) in [6.45, 7) is 1.77. The first-order valence-electron chi connectivity index (χ1n) is 7.87. The average molecular weight is 354 g/mol. The molecule has 2 aromatic carbocycles. The van der Waals surface area contributed by atoms with E-state index in [-0.39, 0.29) is 11.8 Å². The van der Waals surface area contributed by atoms with Crippen LogP contribution in [0.5, 0.6) is 0 Å². The molecule has 3 rings (SSSR count). The van der Waals surface area contributed by atoms with Gasteiger partial charge in [-0.3, -0.25) is 9.59 Å². The van der Waals surface area contributed by atoms with Crippen LogP contribution >= 0.6 is 11.3 Å². The van der Waals surface area contributed by atoms with E-state index in [1.54, 1.807) is 31.2 Å². The predicted molar refractivity (Wildman–Crippen MR) is 99.2 cm³/mol. The molecular formula is C18H18N4O2S. The van der Waals surface area contributed by atoms with Crippen LogP contribution in [0, 0.1) is 0 Å². The number of anilines is 1. The van der Waals surface area contributed by atoms with Gasteiger partial charge in [0.25, 0.3) is 5.91 Å². The van der Waals surface area contributed by atoms with Gasteiger partial charge in [-0.1, -0.05) is 36.5 Å². The standard InChI is InChI=1S/C18H18N4O2S/c1-3-16(23)19-13-8-6-7-12(11-13)17(24)20-21-18-22(2)14-9-4-5-10-15(14)25-18/h4-11H,3H2,1-2H3,(H,19,23)(H,20,24). The maximum absolute atomic E-state index is 12.3. The number of nitrogens with zero attached hydrogens (tertiary/aromatic N) is 2. The molecule has 6 nitrogen and oxygen atoms in total. The van der Waals surface area contributed by atoms with Crippen molar-refractivity contribution in [3.63, 3.8) is 0 Å². The molecule has 0 saturated heterocycles. The maximum atomic E-state index is 12.3. The molecule has 1 heterocycles. The Bertz CT molecular complexity index is 1000. The first kappa shape index (κ1) is 16.9. The number of aromatic nitrogens is 1. The normalized spacial score (nSPS) is 11.5. The van der Waals surface area contributed by atoms with Gasteiger partial charge in [0, 0.05) is 24.7 Å². The summed E-state index contributed by atoms with van der Waals surface area (Å²) in [5.74, 6) is -0.426. The van der Waals surface area contributed by atoms with Crippen molar-refractivity contribution in [2.75, 3.05) is 5.32 Å². The zero-order valence-electron chi connectivity index (χ0n) is 13.9. The topological polar surface area (TPSA) is 75.5 Å². The first-order chi connectivity index (χ1) is 12.1. The number of thiazole rings is 1. The number of para-hydroxylation sites is 1. The molecule has 0 unspecified atom stereocenters. The Kier molecular flexibility index (Phi) is 4.95. The highest BCUT2D eigenvalue weighted by Gasteiger charge is 2.07. The average Bonchev–Trinajstić information content (AvgIpc) is 2.96. The van der Waals surface area contributed by atoms with Crippen molar-refractivity contribution in [3.05, 3.63) is 58.9 Å². The van der Waals surface area contributed by atoms with E-state index in [0.29, 0.717) is 22.5 Å². The Morgan fingerprint density at radius 1 is 1.16 bits per heavy atom. The number of benzene rings is 2. The van der Waals surface area contributed by atoms with Crippen LogP contribution in [0.1, 0.15) is 23.7 Å². The molecule has 0 bridgehead atoms. The van der Waals surface area contributed by atoms with Crippen molar-refractivity contribution in [3.8, 4) is 0 Å². The van der Waals surface area contributed by atoms with Crippen molar-refractivity contribution in [1.82, 2.24) is 9.99 Å². The summed E-state index contributed by atoms with van der Waals surface area (Å²) in [5.41, 5.74) is 4.66. The van der Waals surface area contributed by atoms with Crippen molar-refractivity contribution in [2.45, 2.75) is 13.3 Å². The number of carbonyl (C=O) groups excluding carboxylic acids is 2. The number of nitrogens with one attached hydrogen (secondary N) is 2. The minimum atomic E-state index is -0.329. The smallest absolute Gasteiger partial charge is 0.271 e. The maximum Gasteiger partial charge on any atom is 0.271 e. The van der Waals surface area contributed by atoms with Crippen LogP contribution in [-0.4, -0.2) is 16.4 Å². The minimum absolute atomic E-state index is 0.0976. The van der Waals surface area contributed by atoms with Gasteiger partial charge >= 0.3 is 0 Å². The summed E-state index contributed by atoms with van der Waals surface area (Å²) in [6, 6.07) is 14.7. The molecule has 0 aliphatic rings. The monoisotopic (exact) mass is 354 g/mol. The molecule has 0 atom stereocenters. The van der Waals surface area contributed by atoms with Crippen LogP contribution in [0.2, 0.25) is 0 Å². The highest BCUT2D eigenvalue weighted by atomic mass is 32.1. The molecule has 1 aromatic heterocycles. The lowest BCUT2D eigenvalue weighted by molar-refractivity contribution is -0.115. The zero-order valence-corrected chi connectivity index (χ0v) is 14.8. The Hall–Kier alpha value is -2.93. The van der Waals surface area contributed by atoms with Crippen LogP contribution in [0.3, 0.4) is 0 Å². The molecular weight excluding hydrogens is 336 g/mol. The van der Waals surface area contributed by atoms with E-state index < -0.39 is 0 Å². The molecule has 0 aliphatic heterocycles. The zero-order chi connectivity index (χ0) is 17.8. The molecule has 2 amide bonds. The fourth-order valence-corrected chi connectivity index (χ4v) is 3.32. The van der Waals surface area contributed by atoms with E-state index in [2.05, 4.69) is 15.8 Å². The Morgan fingerprint density at radius 3 is 2.72 bits per heavy atom. The number of carbonyl (C=O) groups is 2. The van der Waals surface area contributed by atoms with E-state index >= 15 is 0 Å². The van der Waals surface area contributed by atoms with Crippen LogP contribution in [-0.2, 0) is 11.8 Å². The summed E-state index contributed by atoms with van der Waals surface area (Å²) >= 11 is 1.50. The van der Waals surface area contributed by atoms with Crippen LogP contribution in [0.25, 0.3) is 10.2 Å². The van der Waals surface area contributed by atoms with Crippen molar-refractivity contribution < 1.29 is 9.59 Å². The fourth-order valence-electron chi connectivity index (χ4n) is 2.34. The quantitative estimate of drug-likeness (QED) is 0.707. The molecule has 128 valence electrons. The molecule has 7 heteroatoms. The number of aryl methyl sites for hydroxylation is 1. The summed E-state index contributed by atoms with van der Waals surface area (Å²) in [4.78, 5) is 24.5. The summed E-state index contributed by atoms with van der Waals surface area (Å²) in [6.07, 6.45) is 0.383. The highest BCUT2D eigenvalue weighted by Crippen LogP contribution is 2.15. The molecule has 0 spiro atoms. The third-order valence-corrected chi connectivity index (χ3v) is 4.81. The second-order valence-corrected chi connectivity index (χ2v) is 6.46. The van der Waals surface area contributed by atoms with Crippen molar-refractivity contribution >= 4 is 39.1 Å². The van der Waals surface area contributed by atoms with Gasteiger partial charge in [-0.2, -0.15) is 0 Å². The van der Waals surface area contributed by atoms with Gasteiger partial charge < -0.3 is 9.88 Å². The van der Waals surface area contributed by atoms with Gasteiger partial charge in [0.05, 0.1) is 10.2 Å². The number of rotatable bonds is 4. The second-order valence-electron chi connectivity index (χ2n) is 5.45. The molecule has 3 aromatic rings. The highest BCUT2D eigenvalue weighted by molar-refractivity contribution is 7.16. The van der Waals surface area contributed by atoms with Gasteiger partial charge in [-0.25, -0.2) is 5.43 Å². The SMILES string of the molecule is CCC(=O)Nc1cccc(C(=O)NN=c2sc3ccccc3n2C)c1. The molecule has 0 fully saturated rings. The van der Waals surface area contributed by atoms with Gasteiger partial charge in [0.1, 0.15) is 0 Å². The molecule has 2 N–H and O–H groups in total. The van der Waals surface area contributed by atoms with Crippen LogP contribution in [0.4, 0.5) is 5.69 Å². The van der Waals surface area contributed by atoms with E-state index in [4.69, 9.17) is 0 Å². The van der Waals surface area contributed by atoms with E-state index in [0.717, 1.165) is 10.2 Å². The van der Waals surface area contributed by atoms with Crippen LogP contribution < -0.4 is 15.5 Å². The van der Waals surface area contributed by atoms with Crippen molar-refractivity contribution in [2.24, 2.45) is 12.1 Å². The van der Waals surface area contributed by atoms with Gasteiger partial charge in [-0.15, -0.1) is 5.10 Å². The Morgan fingerprint density at radius 2 is 1.96 bits per heavy atom. The Balaban J connectivity index is 1.81. The van der Waals surface area contributed by atoms with E-state index in [1.165, 1.54) is 11.3 Å². The predicted octanol–water partition coefficient (Wildman–Crippen LogP) is 2.83. The van der Waals surface area contributed by atoms with Gasteiger partial charge in [-0.05, 0) is 30.3 Å². The second kappa shape index (κ2) is 7.31. The largest absolute Gasteiger partial charge is 0.326 e. The van der Waals surface area contributed by atoms with Crippen LogP contribution in [0.15, 0.2) is 53.6 Å². The number of hydrogen-bond acceptors (Lipinski definition) is 4. The molecule has 25 heavy (non-hydrogen) atoms. The summed E-state index contributed by atoms with van der Waals surface area (Å²) in [5, 5.41) is 6.96. The molecule has 0 radical (unpaired) electrons. The third-order valence-electron chi connectivity index (χ3n) is 3.70. The van der Waals surface area contributed by atoms with E-state index in [1.807, 2.05) is 35.9 Å². The third kappa shape index (κ3) is 3.77. The molecule has 0 aliphatic carbocycles. The summed E-state index contributed by atoms with van der Waals surface area (Å²) in [7, 11) is 1.91. The van der Waals surface area contributed by atoms with Crippen molar-refractivity contribution in [1.29, 1.82) is 0 Å². The molecule has 0 saturated carbocycles. The van der Waals surface area contributed by atoms with E-state index in [9.17, 15) is 9.59 Å². The van der Waals surface area contributed by atoms with Gasteiger partial charge in [0.2, 0.25) is 10.7 Å². The fraction of sp³-hybridized carbons (Fsp3) is 0.167. The number of fused-ring (bicyclic) bond motifs is 1. The lowest BCUT2D eigenvalue weighted by Crippen LogP contribution is -2.23. The Labute approximate surface area is 148 Å². The number of amides is 2. The number of hydrogen-bond donors (Lipinski definition) is 2. The lowest BCUT2D eigenvalue weighted by Gasteiger charge is -2.05. The van der Waals surface area contributed by atoms with Gasteiger partial charge in [0.15, 0.2) is 0 Å². The minimum Gasteiger partial charge on any atom is -0.326 e. The lowest BCUT2D eigenvalue weighted by atomic mass is 10.2.